The number of hydrogen-bond donors (Lipinski definition) is 1. The van der Waals surface area contributed by atoms with E-state index < -0.39 is 6.09 Å². The SMILES string of the molecule is CC(=O)CN1CCN(C(=O)O)CC1. The van der Waals surface area contributed by atoms with Crippen molar-refractivity contribution in [1.29, 1.82) is 0 Å². The second-order valence-corrected chi connectivity index (χ2v) is 3.25. The molecule has 1 amide bonds. The van der Waals surface area contributed by atoms with Gasteiger partial charge < -0.3 is 10.0 Å². The normalized spacial score (nSPS) is 18.7. The molecule has 0 radical (unpaired) electrons. The van der Waals surface area contributed by atoms with Gasteiger partial charge in [0.1, 0.15) is 5.78 Å². The number of carboxylic acid groups (broad SMARTS) is 1. The maximum Gasteiger partial charge on any atom is 0.407 e. The smallest absolute Gasteiger partial charge is 0.407 e. The molecule has 5 heteroatoms. The van der Waals surface area contributed by atoms with Crippen LogP contribution in [0.25, 0.3) is 0 Å². The summed E-state index contributed by atoms with van der Waals surface area (Å²) in [6.45, 7) is 4.31. The molecule has 1 N–H and O–H groups in total. The van der Waals surface area contributed by atoms with Crippen molar-refractivity contribution in [3.05, 3.63) is 0 Å². The van der Waals surface area contributed by atoms with Gasteiger partial charge in [0.05, 0.1) is 6.54 Å². The lowest BCUT2D eigenvalue weighted by molar-refractivity contribution is -0.118. The van der Waals surface area contributed by atoms with E-state index in [1.165, 1.54) is 4.90 Å². The molecule has 0 aromatic heterocycles. The monoisotopic (exact) mass is 186 g/mol. The highest BCUT2D eigenvalue weighted by Gasteiger charge is 2.20. The number of ketones is 1. The van der Waals surface area contributed by atoms with Crippen LogP contribution in [-0.4, -0.2) is 59.5 Å². The van der Waals surface area contributed by atoms with Crippen LogP contribution in [0.4, 0.5) is 4.79 Å². The van der Waals surface area contributed by atoms with Crippen molar-refractivity contribution in [3.63, 3.8) is 0 Å². The largest absolute Gasteiger partial charge is 0.465 e. The van der Waals surface area contributed by atoms with E-state index in [4.69, 9.17) is 5.11 Å². The van der Waals surface area contributed by atoms with Crippen molar-refractivity contribution in [2.45, 2.75) is 6.92 Å². The number of carbonyl (C=O) groups is 2. The Morgan fingerprint density at radius 3 is 2.15 bits per heavy atom. The molecule has 1 aliphatic heterocycles. The molecule has 0 saturated carbocycles. The summed E-state index contributed by atoms with van der Waals surface area (Å²) >= 11 is 0. The van der Waals surface area contributed by atoms with E-state index in [0.29, 0.717) is 32.7 Å². The van der Waals surface area contributed by atoms with E-state index in [-0.39, 0.29) is 5.78 Å². The summed E-state index contributed by atoms with van der Waals surface area (Å²) in [6.07, 6.45) is -0.873. The fourth-order valence-corrected chi connectivity index (χ4v) is 1.41. The van der Waals surface area contributed by atoms with E-state index in [1.807, 2.05) is 4.90 Å². The molecule has 0 atom stereocenters. The molecule has 13 heavy (non-hydrogen) atoms. The quantitative estimate of drug-likeness (QED) is 0.652. The Morgan fingerprint density at radius 1 is 1.23 bits per heavy atom. The molecule has 74 valence electrons. The lowest BCUT2D eigenvalue weighted by atomic mass is 10.3. The molecular formula is C8H14N2O3. The summed E-state index contributed by atoms with van der Waals surface area (Å²) in [6, 6.07) is 0. The molecule has 1 rings (SSSR count). The van der Waals surface area contributed by atoms with Gasteiger partial charge in [-0.3, -0.25) is 9.69 Å². The number of rotatable bonds is 2. The molecular weight excluding hydrogens is 172 g/mol. The molecule has 5 nitrogen and oxygen atoms in total. The third-order valence-corrected chi connectivity index (χ3v) is 2.09. The summed E-state index contributed by atoms with van der Waals surface area (Å²) in [5, 5.41) is 8.65. The highest BCUT2D eigenvalue weighted by atomic mass is 16.4. The molecule has 1 fully saturated rings. The molecule has 0 aromatic rings. The van der Waals surface area contributed by atoms with E-state index in [0.717, 1.165) is 0 Å². The minimum atomic E-state index is -0.873. The van der Waals surface area contributed by atoms with E-state index in [9.17, 15) is 9.59 Å². The van der Waals surface area contributed by atoms with Crippen LogP contribution >= 0.6 is 0 Å². The zero-order chi connectivity index (χ0) is 9.84. The predicted molar refractivity (Wildman–Crippen MR) is 46.7 cm³/mol. The van der Waals surface area contributed by atoms with Gasteiger partial charge in [0.15, 0.2) is 0 Å². The van der Waals surface area contributed by atoms with Gasteiger partial charge in [0.25, 0.3) is 0 Å². The fraction of sp³-hybridized carbons (Fsp3) is 0.750. The number of amides is 1. The van der Waals surface area contributed by atoms with Crippen molar-refractivity contribution in [2.24, 2.45) is 0 Å². The van der Waals surface area contributed by atoms with Crippen LogP contribution in [0.1, 0.15) is 6.92 Å². The Kier molecular flexibility index (Phi) is 3.25. The van der Waals surface area contributed by atoms with Crippen molar-refractivity contribution >= 4 is 11.9 Å². The predicted octanol–water partition coefficient (Wildman–Crippen LogP) is -0.129. The number of nitrogens with zero attached hydrogens (tertiary/aromatic N) is 2. The number of Topliss-reactive ketones (excluding diaryl/α,β-unsaturated/α-hetero) is 1. The summed E-state index contributed by atoms with van der Waals surface area (Å²) in [5.74, 6) is 0.128. The summed E-state index contributed by atoms with van der Waals surface area (Å²) in [4.78, 5) is 24.6. The van der Waals surface area contributed by atoms with E-state index in [1.54, 1.807) is 6.92 Å². The fourth-order valence-electron chi connectivity index (χ4n) is 1.41. The Hall–Kier alpha value is -1.10. The van der Waals surface area contributed by atoms with Crippen molar-refractivity contribution in [3.8, 4) is 0 Å². The van der Waals surface area contributed by atoms with Gasteiger partial charge in [-0.2, -0.15) is 0 Å². The van der Waals surface area contributed by atoms with Crippen LogP contribution < -0.4 is 0 Å². The first kappa shape index (κ1) is 9.98. The number of hydrogen-bond acceptors (Lipinski definition) is 3. The Labute approximate surface area is 76.9 Å². The highest BCUT2D eigenvalue weighted by molar-refractivity contribution is 5.77. The zero-order valence-corrected chi connectivity index (χ0v) is 7.69. The maximum absolute atomic E-state index is 10.8. The lowest BCUT2D eigenvalue weighted by Gasteiger charge is -2.32. The van der Waals surface area contributed by atoms with E-state index in [2.05, 4.69) is 0 Å². The minimum absolute atomic E-state index is 0.128. The van der Waals surface area contributed by atoms with Gasteiger partial charge in [-0.05, 0) is 6.92 Å². The van der Waals surface area contributed by atoms with Crippen molar-refractivity contribution in [2.75, 3.05) is 32.7 Å². The highest BCUT2D eigenvalue weighted by Crippen LogP contribution is 2.01. The number of carbonyl (C=O) groups excluding carboxylic acids is 1. The van der Waals surface area contributed by atoms with Gasteiger partial charge in [0, 0.05) is 26.2 Å². The van der Waals surface area contributed by atoms with Gasteiger partial charge in [-0.15, -0.1) is 0 Å². The Bertz CT molecular complexity index is 209. The summed E-state index contributed by atoms with van der Waals surface area (Å²) in [5.41, 5.74) is 0. The first-order chi connectivity index (χ1) is 6.09. The average Bonchev–Trinajstić information content (AvgIpc) is 2.04. The van der Waals surface area contributed by atoms with Crippen LogP contribution in [-0.2, 0) is 4.79 Å². The summed E-state index contributed by atoms with van der Waals surface area (Å²) in [7, 11) is 0. The Morgan fingerprint density at radius 2 is 1.77 bits per heavy atom. The van der Waals surface area contributed by atoms with E-state index >= 15 is 0 Å². The van der Waals surface area contributed by atoms with Crippen molar-refractivity contribution < 1.29 is 14.7 Å². The number of piperazine rings is 1. The van der Waals surface area contributed by atoms with Crippen LogP contribution in [0.2, 0.25) is 0 Å². The van der Waals surface area contributed by atoms with Crippen LogP contribution in [0, 0.1) is 0 Å². The second-order valence-electron chi connectivity index (χ2n) is 3.25. The molecule has 1 aliphatic rings. The third-order valence-electron chi connectivity index (χ3n) is 2.09. The lowest BCUT2D eigenvalue weighted by Crippen LogP contribution is -2.49. The molecule has 0 spiro atoms. The zero-order valence-electron chi connectivity index (χ0n) is 7.69. The molecule has 1 saturated heterocycles. The molecule has 0 unspecified atom stereocenters. The molecule has 0 bridgehead atoms. The third kappa shape index (κ3) is 3.02. The Balaban J connectivity index is 2.30. The minimum Gasteiger partial charge on any atom is -0.465 e. The first-order valence-corrected chi connectivity index (χ1v) is 4.29. The van der Waals surface area contributed by atoms with Crippen molar-refractivity contribution in [1.82, 2.24) is 9.80 Å². The molecule has 0 aromatic carbocycles. The van der Waals surface area contributed by atoms with Gasteiger partial charge in [0.2, 0.25) is 0 Å². The van der Waals surface area contributed by atoms with Crippen LogP contribution in [0.3, 0.4) is 0 Å². The van der Waals surface area contributed by atoms with Gasteiger partial charge in [-0.25, -0.2) is 4.79 Å². The standard InChI is InChI=1S/C8H14N2O3/c1-7(11)6-9-2-4-10(5-3-9)8(12)13/h2-6H2,1H3,(H,12,13). The topological polar surface area (TPSA) is 60.9 Å². The summed E-state index contributed by atoms with van der Waals surface area (Å²) < 4.78 is 0. The maximum atomic E-state index is 10.8. The molecule has 1 heterocycles. The molecule has 0 aliphatic carbocycles. The first-order valence-electron chi connectivity index (χ1n) is 4.29. The van der Waals surface area contributed by atoms with Crippen LogP contribution in [0.5, 0.6) is 0 Å². The average molecular weight is 186 g/mol. The van der Waals surface area contributed by atoms with Crippen LogP contribution in [0.15, 0.2) is 0 Å². The van der Waals surface area contributed by atoms with Gasteiger partial charge >= 0.3 is 6.09 Å². The van der Waals surface area contributed by atoms with Gasteiger partial charge in [-0.1, -0.05) is 0 Å². The second kappa shape index (κ2) is 4.23.